The van der Waals surface area contributed by atoms with E-state index in [1.807, 2.05) is 0 Å². The largest absolute Gasteiger partial charge is 0.496 e. The van der Waals surface area contributed by atoms with Crippen LogP contribution in [0.5, 0.6) is 11.5 Å². The van der Waals surface area contributed by atoms with Crippen molar-refractivity contribution in [3.63, 3.8) is 0 Å². The van der Waals surface area contributed by atoms with Crippen LogP contribution < -0.4 is 24.4 Å². The summed E-state index contributed by atoms with van der Waals surface area (Å²) in [4.78, 5) is 31.6. The summed E-state index contributed by atoms with van der Waals surface area (Å²) in [7, 11) is 1.50. The van der Waals surface area contributed by atoms with Crippen LogP contribution in [0.2, 0.25) is 0 Å². The van der Waals surface area contributed by atoms with Crippen molar-refractivity contribution >= 4 is 39.3 Å². The van der Waals surface area contributed by atoms with Crippen LogP contribution in [0, 0.1) is 0 Å². The van der Waals surface area contributed by atoms with Gasteiger partial charge in [0, 0.05) is 15.6 Å². The highest BCUT2D eigenvalue weighted by Gasteiger charge is 2.35. The second-order valence-corrected chi connectivity index (χ2v) is 9.53. The van der Waals surface area contributed by atoms with Crippen LogP contribution in [0.1, 0.15) is 31.0 Å². The summed E-state index contributed by atoms with van der Waals surface area (Å²) in [5.74, 6) is -0.201. The van der Waals surface area contributed by atoms with E-state index in [9.17, 15) is 18.4 Å². The van der Waals surface area contributed by atoms with Crippen LogP contribution in [0.15, 0.2) is 68.0 Å². The van der Waals surface area contributed by atoms with Gasteiger partial charge in [-0.15, -0.1) is 0 Å². The fourth-order valence-electron chi connectivity index (χ4n) is 3.95. The number of benzene rings is 2. The van der Waals surface area contributed by atoms with Crippen LogP contribution in [-0.4, -0.2) is 30.9 Å². The number of ether oxygens (including phenoxy) is 3. The molecule has 7 nitrogen and oxygen atoms in total. The third kappa shape index (κ3) is 4.98. The predicted octanol–water partition coefficient (Wildman–Crippen LogP) is 4.17. The molecule has 1 atom stereocenters. The Balaban J connectivity index is 1.99. The van der Waals surface area contributed by atoms with Crippen molar-refractivity contribution in [3.05, 3.63) is 89.0 Å². The molecule has 36 heavy (non-hydrogen) atoms. The molecule has 0 unspecified atom stereocenters. The number of aromatic nitrogens is 1. The Morgan fingerprint density at radius 1 is 1.25 bits per heavy atom. The van der Waals surface area contributed by atoms with E-state index in [2.05, 4.69) is 25.7 Å². The van der Waals surface area contributed by atoms with Gasteiger partial charge in [-0.05, 0) is 44.2 Å². The summed E-state index contributed by atoms with van der Waals surface area (Å²) >= 11 is 4.53. The predicted molar refractivity (Wildman–Crippen MR) is 134 cm³/mol. The van der Waals surface area contributed by atoms with E-state index < -0.39 is 24.2 Å². The molecule has 1 aliphatic rings. The lowest BCUT2D eigenvalue weighted by Gasteiger charge is -2.26. The minimum atomic E-state index is -3.01. The molecular formula is C25H21BrF2N2O5S. The number of rotatable bonds is 7. The minimum Gasteiger partial charge on any atom is -0.496 e. The molecule has 3 aromatic rings. The van der Waals surface area contributed by atoms with Crippen molar-refractivity contribution in [1.82, 2.24) is 4.57 Å². The molecule has 0 bridgehead atoms. The second kappa shape index (κ2) is 10.8. The van der Waals surface area contributed by atoms with Gasteiger partial charge in [0.25, 0.3) is 5.56 Å². The Morgan fingerprint density at radius 3 is 2.69 bits per heavy atom. The molecule has 11 heteroatoms. The number of hydrogen-bond acceptors (Lipinski definition) is 7. The highest BCUT2D eigenvalue weighted by atomic mass is 79.9. The number of thiazole rings is 1. The molecule has 0 radical (unpaired) electrons. The Labute approximate surface area is 217 Å². The van der Waals surface area contributed by atoms with Crippen LogP contribution in [-0.2, 0) is 9.53 Å². The summed E-state index contributed by atoms with van der Waals surface area (Å²) in [6.45, 7) is 0.492. The van der Waals surface area contributed by atoms with Gasteiger partial charge < -0.3 is 14.2 Å². The maximum Gasteiger partial charge on any atom is 0.387 e. The maximum atomic E-state index is 13.7. The van der Waals surface area contributed by atoms with Crippen molar-refractivity contribution < 1.29 is 27.8 Å². The summed E-state index contributed by atoms with van der Waals surface area (Å²) in [6, 6.07) is 10.6. The van der Waals surface area contributed by atoms with Crippen molar-refractivity contribution in [2.24, 2.45) is 4.99 Å². The van der Waals surface area contributed by atoms with Crippen molar-refractivity contribution in [2.45, 2.75) is 26.5 Å². The number of nitrogens with zero attached hydrogens (tertiary/aromatic N) is 2. The van der Waals surface area contributed by atoms with E-state index in [-0.39, 0.29) is 22.5 Å². The number of halogens is 3. The number of alkyl halides is 2. The third-order valence-corrected chi connectivity index (χ3v) is 6.90. The maximum absolute atomic E-state index is 13.7. The van der Waals surface area contributed by atoms with Crippen LogP contribution >= 0.6 is 27.3 Å². The number of fused-ring (bicyclic) bond motifs is 1. The summed E-state index contributed by atoms with van der Waals surface area (Å²) in [5.41, 5.74) is 1.01. The van der Waals surface area contributed by atoms with Crippen molar-refractivity contribution in [1.29, 1.82) is 0 Å². The molecule has 2 heterocycles. The molecule has 0 aliphatic carbocycles. The molecule has 0 saturated carbocycles. The lowest BCUT2D eigenvalue weighted by molar-refractivity contribution is -0.139. The van der Waals surface area contributed by atoms with E-state index >= 15 is 0 Å². The molecule has 2 aromatic carbocycles. The summed E-state index contributed by atoms with van der Waals surface area (Å²) < 4.78 is 43.6. The van der Waals surface area contributed by atoms with Gasteiger partial charge in [0.15, 0.2) is 4.80 Å². The zero-order valence-corrected chi connectivity index (χ0v) is 21.9. The highest BCUT2D eigenvalue weighted by molar-refractivity contribution is 9.10. The lowest BCUT2D eigenvalue weighted by atomic mass is 9.95. The molecule has 0 N–H and O–H groups in total. The van der Waals surface area contributed by atoms with E-state index in [1.165, 1.54) is 23.8 Å². The van der Waals surface area contributed by atoms with Crippen LogP contribution in [0.3, 0.4) is 0 Å². The average Bonchev–Trinajstić information content (AvgIpc) is 3.13. The smallest absolute Gasteiger partial charge is 0.387 e. The normalized spacial score (nSPS) is 15.5. The Hall–Kier alpha value is -3.31. The lowest BCUT2D eigenvalue weighted by Crippen LogP contribution is -2.40. The van der Waals surface area contributed by atoms with Gasteiger partial charge in [0.1, 0.15) is 17.5 Å². The highest BCUT2D eigenvalue weighted by Crippen LogP contribution is 2.37. The second-order valence-electron chi connectivity index (χ2n) is 7.60. The SMILES string of the molecule is CCOC(=O)C1=C(C)N=c2s/c(=C\c3ccccc3OC(F)F)c(=O)n2[C@H]1c1cc(Br)ccc1OC. The first-order valence-corrected chi connectivity index (χ1v) is 12.4. The molecule has 1 aromatic heterocycles. The molecule has 1 aliphatic heterocycles. The first-order valence-electron chi connectivity index (χ1n) is 10.8. The molecular weight excluding hydrogens is 558 g/mol. The zero-order valence-electron chi connectivity index (χ0n) is 19.5. The molecule has 0 amide bonds. The fraction of sp³-hybridized carbons (Fsp3) is 0.240. The molecule has 0 spiro atoms. The molecule has 4 rings (SSSR count). The van der Waals surface area contributed by atoms with E-state index in [1.54, 1.807) is 50.2 Å². The third-order valence-electron chi connectivity index (χ3n) is 5.43. The van der Waals surface area contributed by atoms with Crippen molar-refractivity contribution in [2.75, 3.05) is 13.7 Å². The van der Waals surface area contributed by atoms with Crippen LogP contribution in [0.4, 0.5) is 8.78 Å². The Bertz CT molecular complexity index is 1530. The number of esters is 1. The minimum absolute atomic E-state index is 0.0630. The molecule has 0 fully saturated rings. The quantitative estimate of drug-likeness (QED) is 0.393. The number of carbonyl (C=O) groups excluding carboxylic acids is 1. The first kappa shape index (κ1) is 25.8. The van der Waals surface area contributed by atoms with Gasteiger partial charge in [-0.3, -0.25) is 9.36 Å². The van der Waals surface area contributed by atoms with Gasteiger partial charge >= 0.3 is 12.6 Å². The number of para-hydroxylation sites is 1. The fourth-order valence-corrected chi connectivity index (χ4v) is 5.37. The average molecular weight is 579 g/mol. The monoisotopic (exact) mass is 578 g/mol. The molecule has 0 saturated heterocycles. The Morgan fingerprint density at radius 2 is 2.00 bits per heavy atom. The Kier molecular flexibility index (Phi) is 7.70. The van der Waals surface area contributed by atoms with Gasteiger partial charge in [-0.25, -0.2) is 9.79 Å². The first-order chi connectivity index (χ1) is 17.2. The number of hydrogen-bond donors (Lipinski definition) is 0. The van der Waals surface area contributed by atoms with Gasteiger partial charge in [0.2, 0.25) is 0 Å². The summed E-state index contributed by atoms with van der Waals surface area (Å²) in [6.07, 6.45) is 1.47. The van der Waals surface area contributed by atoms with Gasteiger partial charge in [0.05, 0.1) is 29.5 Å². The van der Waals surface area contributed by atoms with Gasteiger partial charge in [-0.1, -0.05) is 45.5 Å². The standard InChI is InChI=1S/C25H21BrF2N2O5S/c1-4-34-23(32)20-13(2)29-25-30(21(20)16-12-15(26)9-10-18(16)33-3)22(31)19(36-25)11-14-7-5-6-8-17(14)35-24(27)28/h5-12,21,24H,4H2,1-3H3/b19-11-/t21-/m0/s1. The molecule has 188 valence electrons. The topological polar surface area (TPSA) is 79.1 Å². The zero-order chi connectivity index (χ0) is 26.0. The number of methoxy groups -OCH3 is 1. The van der Waals surface area contributed by atoms with Gasteiger partial charge in [-0.2, -0.15) is 8.78 Å². The number of allylic oxidation sites excluding steroid dienone is 1. The van der Waals surface area contributed by atoms with Crippen LogP contribution in [0.25, 0.3) is 6.08 Å². The van der Waals surface area contributed by atoms with E-state index in [0.717, 1.165) is 15.8 Å². The number of carbonyl (C=O) groups is 1. The van der Waals surface area contributed by atoms with E-state index in [4.69, 9.17) is 9.47 Å². The van der Waals surface area contributed by atoms with E-state index in [0.29, 0.717) is 27.4 Å². The van der Waals surface area contributed by atoms with Crippen molar-refractivity contribution in [3.8, 4) is 11.5 Å². The summed E-state index contributed by atoms with van der Waals surface area (Å²) in [5, 5.41) is 0.